The van der Waals surface area contributed by atoms with Crippen molar-refractivity contribution in [1.82, 2.24) is 4.98 Å². The van der Waals surface area contributed by atoms with Gasteiger partial charge < -0.3 is 9.84 Å². The number of carbonyl (C=O) groups is 1. The molecule has 0 unspecified atom stereocenters. The molecule has 0 amide bonds. The Balaban J connectivity index is 2.74. The average molecular weight is 286 g/mol. The summed E-state index contributed by atoms with van der Waals surface area (Å²) in [6, 6.07) is 0. The van der Waals surface area contributed by atoms with Gasteiger partial charge in [0.15, 0.2) is 10.6 Å². The van der Waals surface area contributed by atoms with Gasteiger partial charge in [-0.3, -0.25) is 0 Å². The SMILES string of the molecule is CCOC(=O)c1sc2c(C)c(C)nc(Cl)c2c1O. The molecule has 0 atom stereocenters. The summed E-state index contributed by atoms with van der Waals surface area (Å²) in [5.74, 6) is -0.682. The molecule has 0 aliphatic rings. The van der Waals surface area contributed by atoms with Gasteiger partial charge in [-0.25, -0.2) is 9.78 Å². The van der Waals surface area contributed by atoms with Crippen LogP contribution in [0.5, 0.6) is 5.75 Å². The molecule has 1 N–H and O–H groups in total. The predicted molar refractivity (Wildman–Crippen MR) is 71.7 cm³/mol. The first-order chi connectivity index (χ1) is 8.47. The van der Waals surface area contributed by atoms with E-state index in [-0.39, 0.29) is 22.4 Å². The van der Waals surface area contributed by atoms with Crippen LogP contribution in [0, 0.1) is 13.8 Å². The maximum absolute atomic E-state index is 11.7. The van der Waals surface area contributed by atoms with Gasteiger partial charge >= 0.3 is 5.97 Å². The van der Waals surface area contributed by atoms with E-state index in [1.54, 1.807) is 6.92 Å². The van der Waals surface area contributed by atoms with Crippen LogP contribution < -0.4 is 0 Å². The Labute approximate surface area is 113 Å². The minimum absolute atomic E-state index is 0.144. The highest BCUT2D eigenvalue weighted by Gasteiger charge is 2.23. The predicted octanol–water partition coefficient (Wildman–Crippen LogP) is 3.45. The van der Waals surface area contributed by atoms with E-state index in [4.69, 9.17) is 16.3 Å². The number of pyridine rings is 1. The van der Waals surface area contributed by atoms with Crippen LogP contribution in [0.4, 0.5) is 0 Å². The molecule has 0 fully saturated rings. The van der Waals surface area contributed by atoms with Crippen LogP contribution in [0.1, 0.15) is 27.9 Å². The lowest BCUT2D eigenvalue weighted by molar-refractivity contribution is 0.0529. The molecule has 2 aromatic rings. The molecular weight excluding hydrogens is 274 g/mol. The lowest BCUT2D eigenvalue weighted by Gasteiger charge is -2.02. The van der Waals surface area contributed by atoms with Crippen molar-refractivity contribution < 1.29 is 14.6 Å². The van der Waals surface area contributed by atoms with Crippen molar-refractivity contribution in [3.05, 3.63) is 21.3 Å². The monoisotopic (exact) mass is 285 g/mol. The third kappa shape index (κ3) is 1.93. The Morgan fingerprint density at radius 3 is 2.78 bits per heavy atom. The molecule has 2 rings (SSSR count). The van der Waals surface area contributed by atoms with E-state index in [0.29, 0.717) is 5.39 Å². The molecule has 2 aromatic heterocycles. The number of hydrogen-bond acceptors (Lipinski definition) is 5. The van der Waals surface area contributed by atoms with E-state index in [1.807, 2.05) is 13.8 Å². The van der Waals surface area contributed by atoms with Crippen molar-refractivity contribution in [3.63, 3.8) is 0 Å². The van der Waals surface area contributed by atoms with E-state index >= 15 is 0 Å². The first kappa shape index (κ1) is 13.1. The summed E-state index contributed by atoms with van der Waals surface area (Å²) in [6.07, 6.45) is 0. The van der Waals surface area contributed by atoms with Gasteiger partial charge in [0.25, 0.3) is 0 Å². The second-order valence-electron chi connectivity index (χ2n) is 3.82. The Morgan fingerprint density at radius 1 is 1.50 bits per heavy atom. The second kappa shape index (κ2) is 4.74. The third-order valence-corrected chi connectivity index (χ3v) is 4.25. The summed E-state index contributed by atoms with van der Waals surface area (Å²) in [7, 11) is 0. The van der Waals surface area contributed by atoms with Crippen LogP contribution >= 0.6 is 22.9 Å². The zero-order valence-electron chi connectivity index (χ0n) is 10.2. The molecule has 0 spiro atoms. The summed E-state index contributed by atoms with van der Waals surface area (Å²) in [6.45, 7) is 5.69. The first-order valence-electron chi connectivity index (χ1n) is 5.42. The lowest BCUT2D eigenvalue weighted by Crippen LogP contribution is -2.01. The molecule has 0 saturated heterocycles. The number of aryl methyl sites for hydroxylation is 2. The van der Waals surface area contributed by atoms with Gasteiger partial charge in [-0.15, -0.1) is 11.3 Å². The number of nitrogens with zero attached hydrogens (tertiary/aromatic N) is 1. The molecule has 0 aromatic carbocycles. The number of aromatic hydroxyl groups is 1. The highest BCUT2D eigenvalue weighted by atomic mass is 35.5. The van der Waals surface area contributed by atoms with Crippen molar-refractivity contribution >= 4 is 39.0 Å². The van der Waals surface area contributed by atoms with Crippen molar-refractivity contribution in [2.24, 2.45) is 0 Å². The number of carbonyl (C=O) groups excluding carboxylic acids is 1. The smallest absolute Gasteiger partial charge is 0.352 e. The molecule has 6 heteroatoms. The first-order valence-corrected chi connectivity index (χ1v) is 6.62. The molecule has 2 heterocycles. The fourth-order valence-electron chi connectivity index (χ4n) is 1.66. The normalized spacial score (nSPS) is 10.9. The zero-order valence-corrected chi connectivity index (χ0v) is 11.8. The van der Waals surface area contributed by atoms with Crippen molar-refractivity contribution in [1.29, 1.82) is 0 Å². The number of thiophene rings is 1. The van der Waals surface area contributed by atoms with E-state index in [2.05, 4.69) is 4.98 Å². The number of hydrogen-bond donors (Lipinski definition) is 1. The molecule has 96 valence electrons. The molecule has 0 aliphatic heterocycles. The average Bonchev–Trinajstić information content (AvgIpc) is 2.65. The number of rotatable bonds is 2. The van der Waals surface area contributed by atoms with E-state index in [1.165, 1.54) is 11.3 Å². The molecule has 0 radical (unpaired) electrons. The highest BCUT2D eigenvalue weighted by Crippen LogP contribution is 2.42. The Kier molecular flexibility index (Phi) is 3.45. The number of esters is 1. The van der Waals surface area contributed by atoms with Gasteiger partial charge in [-0.2, -0.15) is 0 Å². The minimum Gasteiger partial charge on any atom is -0.505 e. The summed E-state index contributed by atoms with van der Waals surface area (Å²) in [4.78, 5) is 16.0. The van der Waals surface area contributed by atoms with Crippen molar-refractivity contribution in [2.45, 2.75) is 20.8 Å². The highest BCUT2D eigenvalue weighted by molar-refractivity contribution is 7.21. The standard InChI is InChI=1S/C12H12ClNO3S/c1-4-17-12(16)10-8(15)7-9(18-10)5(2)6(3)14-11(7)13/h15H,4H2,1-3H3. The van der Waals surface area contributed by atoms with Crippen molar-refractivity contribution in [3.8, 4) is 5.75 Å². The Bertz CT molecular complexity index is 636. The van der Waals surface area contributed by atoms with Gasteiger partial charge in [-0.05, 0) is 26.3 Å². The van der Waals surface area contributed by atoms with Crippen LogP contribution in [0.2, 0.25) is 5.15 Å². The van der Waals surface area contributed by atoms with E-state index in [9.17, 15) is 9.90 Å². The summed E-state index contributed by atoms with van der Waals surface area (Å²) in [5, 5.41) is 10.7. The van der Waals surface area contributed by atoms with Gasteiger partial charge in [0.05, 0.1) is 12.0 Å². The number of aromatic nitrogens is 1. The summed E-state index contributed by atoms with van der Waals surface area (Å²) >= 11 is 7.20. The van der Waals surface area contributed by atoms with E-state index in [0.717, 1.165) is 16.0 Å². The molecule has 0 saturated carbocycles. The zero-order chi connectivity index (χ0) is 13.4. The Morgan fingerprint density at radius 2 is 2.17 bits per heavy atom. The number of ether oxygens (including phenoxy) is 1. The summed E-state index contributed by atoms with van der Waals surface area (Å²) < 4.78 is 5.67. The van der Waals surface area contributed by atoms with E-state index < -0.39 is 5.97 Å². The number of halogens is 1. The van der Waals surface area contributed by atoms with Gasteiger partial charge in [0.2, 0.25) is 0 Å². The van der Waals surface area contributed by atoms with Crippen LogP contribution in [0.15, 0.2) is 0 Å². The van der Waals surface area contributed by atoms with Crippen molar-refractivity contribution in [2.75, 3.05) is 6.61 Å². The Hall–Kier alpha value is -1.33. The third-order valence-electron chi connectivity index (χ3n) is 2.70. The molecule has 18 heavy (non-hydrogen) atoms. The lowest BCUT2D eigenvalue weighted by atomic mass is 10.2. The fourth-order valence-corrected chi connectivity index (χ4v) is 3.17. The van der Waals surface area contributed by atoms with Gasteiger partial charge in [-0.1, -0.05) is 11.6 Å². The largest absolute Gasteiger partial charge is 0.505 e. The van der Waals surface area contributed by atoms with Crippen LogP contribution in [0.25, 0.3) is 10.1 Å². The fraction of sp³-hybridized carbons (Fsp3) is 0.333. The van der Waals surface area contributed by atoms with Crippen LogP contribution in [-0.4, -0.2) is 22.7 Å². The maximum Gasteiger partial charge on any atom is 0.352 e. The second-order valence-corrected chi connectivity index (χ2v) is 5.20. The molecule has 0 bridgehead atoms. The molecular formula is C12H12ClNO3S. The van der Waals surface area contributed by atoms with Gasteiger partial charge in [0.1, 0.15) is 5.15 Å². The van der Waals surface area contributed by atoms with Crippen LogP contribution in [0.3, 0.4) is 0 Å². The number of fused-ring (bicyclic) bond motifs is 1. The topological polar surface area (TPSA) is 59.4 Å². The van der Waals surface area contributed by atoms with Gasteiger partial charge in [0, 0.05) is 10.4 Å². The maximum atomic E-state index is 11.7. The minimum atomic E-state index is -0.538. The molecule has 0 aliphatic carbocycles. The molecule has 4 nitrogen and oxygen atoms in total. The van der Waals surface area contributed by atoms with Crippen LogP contribution in [-0.2, 0) is 4.74 Å². The summed E-state index contributed by atoms with van der Waals surface area (Å²) in [5.41, 5.74) is 1.69. The quantitative estimate of drug-likeness (QED) is 0.678.